The van der Waals surface area contributed by atoms with Crippen molar-refractivity contribution in [3.63, 3.8) is 0 Å². The van der Waals surface area contributed by atoms with Gasteiger partial charge in [0.15, 0.2) is 0 Å². The summed E-state index contributed by atoms with van der Waals surface area (Å²) < 4.78 is 4.74. The van der Waals surface area contributed by atoms with E-state index in [9.17, 15) is 9.59 Å². The second-order valence-electron chi connectivity index (χ2n) is 4.95. The Hall–Kier alpha value is -1.49. The van der Waals surface area contributed by atoms with Gasteiger partial charge in [-0.25, -0.2) is 4.79 Å². The summed E-state index contributed by atoms with van der Waals surface area (Å²) in [6.45, 7) is 5.37. The van der Waals surface area contributed by atoms with Gasteiger partial charge in [-0.3, -0.25) is 4.79 Å². The summed E-state index contributed by atoms with van der Waals surface area (Å²) >= 11 is 1.45. The van der Waals surface area contributed by atoms with E-state index in [4.69, 9.17) is 9.84 Å². The number of benzene rings is 1. The van der Waals surface area contributed by atoms with Crippen LogP contribution in [0.2, 0.25) is 0 Å². The number of hydrogen-bond acceptors (Lipinski definition) is 4. The zero-order chi connectivity index (χ0) is 14.6. The lowest BCUT2D eigenvalue weighted by Gasteiger charge is -2.20. The van der Waals surface area contributed by atoms with Gasteiger partial charge < -0.3 is 9.84 Å². The fourth-order valence-electron chi connectivity index (χ4n) is 1.52. The maximum Gasteiger partial charge on any atom is 0.335 e. The summed E-state index contributed by atoms with van der Waals surface area (Å²) in [7, 11) is 1.36. The molecule has 0 aliphatic carbocycles. The minimum atomic E-state index is -0.938. The predicted octanol–water partition coefficient (Wildman–Crippen LogP) is 2.98. The molecule has 0 spiro atoms. The number of carboxylic acids is 1. The third kappa shape index (κ3) is 3.99. The van der Waals surface area contributed by atoms with Gasteiger partial charge in [0.1, 0.15) is 0 Å². The van der Waals surface area contributed by atoms with Crippen molar-refractivity contribution in [3.05, 3.63) is 29.3 Å². The number of carbonyl (C=O) groups is 2. The van der Waals surface area contributed by atoms with Gasteiger partial charge >= 0.3 is 11.9 Å². The van der Waals surface area contributed by atoms with Crippen molar-refractivity contribution in [2.75, 3.05) is 12.9 Å². The van der Waals surface area contributed by atoms with E-state index in [0.29, 0.717) is 11.3 Å². The first kappa shape index (κ1) is 15.6. The number of carbonyl (C=O) groups excluding carboxylic acids is 1. The van der Waals surface area contributed by atoms with Gasteiger partial charge in [0, 0.05) is 10.6 Å². The maximum absolute atomic E-state index is 11.6. The third-order valence-electron chi connectivity index (χ3n) is 2.78. The molecular formula is C14H18O4S. The van der Waals surface area contributed by atoms with E-state index in [-0.39, 0.29) is 5.97 Å². The van der Waals surface area contributed by atoms with Crippen molar-refractivity contribution in [1.29, 1.82) is 0 Å². The quantitative estimate of drug-likeness (QED) is 0.664. The molecule has 0 aromatic heterocycles. The highest BCUT2D eigenvalue weighted by Gasteiger charge is 2.28. The number of thioether (sulfide) groups is 1. The van der Waals surface area contributed by atoms with Gasteiger partial charge in [0.05, 0.1) is 18.1 Å². The molecule has 0 radical (unpaired) electrons. The molecule has 104 valence electrons. The summed E-state index contributed by atoms with van der Waals surface area (Å²) in [5.41, 5.74) is 0.415. The van der Waals surface area contributed by atoms with Gasteiger partial charge in [-0.15, -0.1) is 11.8 Å². The molecule has 0 saturated heterocycles. The molecule has 0 fully saturated rings. The zero-order valence-corrected chi connectivity index (χ0v) is 12.3. The first-order chi connectivity index (χ1) is 8.77. The van der Waals surface area contributed by atoms with Crippen molar-refractivity contribution in [2.24, 2.45) is 5.41 Å². The fourth-order valence-corrected chi connectivity index (χ4v) is 2.53. The van der Waals surface area contributed by atoms with Crippen molar-refractivity contribution in [3.8, 4) is 0 Å². The normalized spacial score (nSPS) is 11.2. The molecule has 0 atom stereocenters. The van der Waals surface area contributed by atoms with E-state index in [0.717, 1.165) is 10.5 Å². The number of rotatable bonds is 5. The number of aromatic carboxylic acids is 1. The Bertz CT molecular complexity index is 494. The summed E-state index contributed by atoms with van der Waals surface area (Å²) in [5.74, 6) is -0.681. The van der Waals surface area contributed by atoms with Crippen LogP contribution in [-0.2, 0) is 9.53 Å². The van der Waals surface area contributed by atoms with Crippen LogP contribution in [0.15, 0.2) is 23.1 Å². The van der Waals surface area contributed by atoms with Crippen LogP contribution < -0.4 is 0 Å². The lowest BCUT2D eigenvalue weighted by Crippen LogP contribution is -2.28. The summed E-state index contributed by atoms with van der Waals surface area (Å²) in [5, 5.41) is 9.06. The molecule has 4 nitrogen and oxygen atoms in total. The smallest absolute Gasteiger partial charge is 0.335 e. The lowest BCUT2D eigenvalue weighted by molar-refractivity contribution is -0.149. The fraction of sp³-hybridized carbons (Fsp3) is 0.429. The van der Waals surface area contributed by atoms with E-state index in [1.807, 2.05) is 6.07 Å². The molecule has 1 aromatic rings. The van der Waals surface area contributed by atoms with Crippen LogP contribution >= 0.6 is 11.8 Å². The molecule has 0 heterocycles. The highest BCUT2D eigenvalue weighted by atomic mass is 32.2. The zero-order valence-electron chi connectivity index (χ0n) is 11.5. The second-order valence-corrected chi connectivity index (χ2v) is 5.99. The Morgan fingerprint density at radius 2 is 2.00 bits per heavy atom. The average molecular weight is 282 g/mol. The van der Waals surface area contributed by atoms with Crippen LogP contribution in [0.1, 0.15) is 29.8 Å². The second kappa shape index (κ2) is 6.10. The highest BCUT2D eigenvalue weighted by molar-refractivity contribution is 7.99. The number of methoxy groups -OCH3 is 1. The molecule has 0 aliphatic rings. The summed E-state index contributed by atoms with van der Waals surface area (Å²) in [6.07, 6.45) is 0. The summed E-state index contributed by atoms with van der Waals surface area (Å²) in [4.78, 5) is 23.4. The van der Waals surface area contributed by atoms with Crippen molar-refractivity contribution in [1.82, 2.24) is 0 Å². The molecule has 1 aromatic carbocycles. The van der Waals surface area contributed by atoms with Gasteiger partial charge in [-0.1, -0.05) is 6.07 Å². The number of ether oxygens (including phenoxy) is 1. The molecule has 1 rings (SSSR count). The molecule has 0 aliphatic heterocycles. The van der Waals surface area contributed by atoms with E-state index in [1.54, 1.807) is 32.9 Å². The number of esters is 1. The van der Waals surface area contributed by atoms with Crippen LogP contribution in [0.4, 0.5) is 0 Å². The Morgan fingerprint density at radius 1 is 1.37 bits per heavy atom. The maximum atomic E-state index is 11.6. The van der Waals surface area contributed by atoms with E-state index < -0.39 is 11.4 Å². The Morgan fingerprint density at radius 3 is 2.53 bits per heavy atom. The third-order valence-corrected chi connectivity index (χ3v) is 4.23. The topological polar surface area (TPSA) is 63.6 Å². The average Bonchev–Trinajstić information content (AvgIpc) is 2.36. The molecule has 19 heavy (non-hydrogen) atoms. The first-order valence-electron chi connectivity index (χ1n) is 5.83. The Kier molecular flexibility index (Phi) is 5.00. The number of hydrogen-bond donors (Lipinski definition) is 1. The molecule has 0 bridgehead atoms. The van der Waals surface area contributed by atoms with Crippen LogP contribution in [0.3, 0.4) is 0 Å². The van der Waals surface area contributed by atoms with Crippen molar-refractivity contribution >= 4 is 23.7 Å². The van der Waals surface area contributed by atoms with Gasteiger partial charge in [-0.2, -0.15) is 0 Å². The largest absolute Gasteiger partial charge is 0.478 e. The van der Waals surface area contributed by atoms with Gasteiger partial charge in [0.25, 0.3) is 0 Å². The minimum Gasteiger partial charge on any atom is -0.478 e. The first-order valence-corrected chi connectivity index (χ1v) is 6.81. The van der Waals surface area contributed by atoms with Crippen molar-refractivity contribution < 1.29 is 19.4 Å². The minimum absolute atomic E-state index is 0.273. The molecule has 1 N–H and O–H groups in total. The Labute approximate surface area is 117 Å². The Balaban J connectivity index is 2.82. The van der Waals surface area contributed by atoms with Crippen molar-refractivity contribution in [2.45, 2.75) is 25.7 Å². The predicted molar refractivity (Wildman–Crippen MR) is 74.7 cm³/mol. The molecule has 0 saturated carbocycles. The molecular weight excluding hydrogens is 264 g/mol. The van der Waals surface area contributed by atoms with Crippen LogP contribution in [-0.4, -0.2) is 29.9 Å². The van der Waals surface area contributed by atoms with E-state index in [2.05, 4.69) is 0 Å². The van der Waals surface area contributed by atoms with Crippen LogP contribution in [0.25, 0.3) is 0 Å². The molecule has 5 heteroatoms. The number of aryl methyl sites for hydroxylation is 1. The molecule has 0 unspecified atom stereocenters. The van der Waals surface area contributed by atoms with E-state index in [1.165, 1.54) is 18.9 Å². The number of carboxylic acid groups (broad SMARTS) is 1. The van der Waals surface area contributed by atoms with Gasteiger partial charge in [-0.05, 0) is 38.5 Å². The van der Waals surface area contributed by atoms with Crippen LogP contribution in [0, 0.1) is 12.3 Å². The highest BCUT2D eigenvalue weighted by Crippen LogP contribution is 2.29. The van der Waals surface area contributed by atoms with Crippen LogP contribution in [0.5, 0.6) is 0 Å². The standard InChI is InChI=1S/C14H18O4S/c1-9-5-6-10(7-11(9)12(15)16)19-8-14(2,3)13(17)18-4/h5-7H,8H2,1-4H3,(H,15,16). The molecule has 0 amide bonds. The SMILES string of the molecule is COC(=O)C(C)(C)CSc1ccc(C)c(C(=O)O)c1. The monoisotopic (exact) mass is 282 g/mol. The van der Waals surface area contributed by atoms with E-state index >= 15 is 0 Å². The van der Waals surface area contributed by atoms with Gasteiger partial charge in [0.2, 0.25) is 0 Å². The summed E-state index contributed by atoms with van der Waals surface area (Å²) in [6, 6.07) is 5.27. The lowest BCUT2D eigenvalue weighted by atomic mass is 9.97.